The van der Waals surface area contributed by atoms with Gasteiger partial charge in [-0.1, -0.05) is 71.9 Å². The SMILES string of the molecule is CC1(C)[C@H]2CC[C@@]1(C)C(=O)[C@H](C(c1ccccc1)[C@H]1C(=O)[C@@]3(C)CC[C@H]([C@H]1O)C3(C)C)[C@@H]2O. The van der Waals surface area contributed by atoms with E-state index in [1.807, 2.05) is 30.3 Å². The Bertz CT molecular complexity index is 921. The number of fused-ring (bicyclic) bond motifs is 4. The lowest BCUT2D eigenvalue weighted by Crippen LogP contribution is -2.62. The van der Waals surface area contributed by atoms with Crippen LogP contribution in [-0.4, -0.2) is 34.0 Å². The molecule has 0 radical (unpaired) electrons. The Morgan fingerprint density at radius 3 is 1.52 bits per heavy atom. The van der Waals surface area contributed by atoms with Crippen LogP contribution in [0.25, 0.3) is 0 Å². The maximum absolute atomic E-state index is 14.2. The first kappa shape index (κ1) is 23.2. The van der Waals surface area contributed by atoms with Crippen LogP contribution in [0.5, 0.6) is 0 Å². The van der Waals surface area contributed by atoms with Gasteiger partial charge in [0.05, 0.1) is 24.0 Å². The predicted molar refractivity (Wildman–Crippen MR) is 127 cm³/mol. The van der Waals surface area contributed by atoms with E-state index in [1.54, 1.807) is 0 Å². The van der Waals surface area contributed by atoms with Crippen LogP contribution in [0, 0.1) is 45.3 Å². The zero-order valence-electron chi connectivity index (χ0n) is 21.0. The van der Waals surface area contributed by atoms with Crippen molar-refractivity contribution < 1.29 is 19.8 Å². The van der Waals surface area contributed by atoms with Crippen LogP contribution < -0.4 is 0 Å². The lowest BCUT2D eigenvalue weighted by molar-refractivity contribution is -0.169. The Morgan fingerprint density at radius 2 is 1.12 bits per heavy atom. The van der Waals surface area contributed by atoms with E-state index >= 15 is 0 Å². The number of benzene rings is 1. The molecular weight excluding hydrogens is 412 g/mol. The number of hydrogen-bond acceptors (Lipinski definition) is 4. The third-order valence-electron chi connectivity index (χ3n) is 11.8. The fourth-order valence-electron chi connectivity index (χ4n) is 8.76. The Morgan fingerprint density at radius 1 is 0.727 bits per heavy atom. The van der Waals surface area contributed by atoms with E-state index < -0.39 is 40.8 Å². The first-order valence-electron chi connectivity index (χ1n) is 12.8. The van der Waals surface area contributed by atoms with Crippen LogP contribution in [0.1, 0.15) is 78.7 Å². The number of aliphatic hydroxyl groups excluding tert-OH is 2. The molecule has 33 heavy (non-hydrogen) atoms. The normalized spacial score (nSPS) is 46.4. The summed E-state index contributed by atoms with van der Waals surface area (Å²) in [5.74, 6) is -1.69. The summed E-state index contributed by atoms with van der Waals surface area (Å²) in [6.45, 7) is 12.6. The van der Waals surface area contributed by atoms with Crippen molar-refractivity contribution in [1.29, 1.82) is 0 Å². The highest BCUT2D eigenvalue weighted by atomic mass is 16.3. The minimum Gasteiger partial charge on any atom is -0.392 e. The molecule has 0 aliphatic heterocycles. The summed E-state index contributed by atoms with van der Waals surface area (Å²) >= 11 is 0. The largest absolute Gasteiger partial charge is 0.392 e. The molecule has 4 heteroatoms. The summed E-state index contributed by atoms with van der Waals surface area (Å²) in [6, 6.07) is 9.74. The lowest BCUT2D eigenvalue weighted by Gasteiger charge is -2.56. The smallest absolute Gasteiger partial charge is 0.145 e. The third-order valence-corrected chi connectivity index (χ3v) is 11.8. The summed E-state index contributed by atoms with van der Waals surface area (Å²) in [5, 5.41) is 23.4. The molecule has 4 aliphatic carbocycles. The van der Waals surface area contributed by atoms with Crippen molar-refractivity contribution in [3.63, 3.8) is 0 Å². The Kier molecular flexibility index (Phi) is 4.93. The molecule has 0 heterocycles. The second-order valence-electron chi connectivity index (χ2n) is 13.1. The maximum atomic E-state index is 14.2. The monoisotopic (exact) mass is 452 g/mol. The molecule has 180 valence electrons. The summed E-state index contributed by atoms with van der Waals surface area (Å²) < 4.78 is 0. The van der Waals surface area contributed by atoms with E-state index in [9.17, 15) is 19.8 Å². The molecule has 2 N–H and O–H groups in total. The van der Waals surface area contributed by atoms with Crippen molar-refractivity contribution in [2.75, 3.05) is 0 Å². The van der Waals surface area contributed by atoms with E-state index in [0.717, 1.165) is 31.2 Å². The standard InChI is InChI=1S/C29H40O4/c1-26(2)17-12-14-28(26,5)24(32)20(22(17)30)19(16-10-8-7-9-11-16)21-23(31)18-13-15-29(6,25(21)33)27(18,3)4/h7-11,17-23,30-31H,12-15H2,1-6H3/t17-,18+,19?,20-,21-,22-,23-,28-,29+/m1/s1. The first-order chi connectivity index (χ1) is 15.3. The number of Topliss-reactive ketones (excluding diaryl/α,β-unsaturated/α-hetero) is 2. The fraction of sp³-hybridized carbons (Fsp3) is 0.724. The van der Waals surface area contributed by atoms with E-state index in [1.165, 1.54) is 0 Å². The van der Waals surface area contributed by atoms with Gasteiger partial charge in [0.1, 0.15) is 11.6 Å². The van der Waals surface area contributed by atoms with Crippen LogP contribution in [0.15, 0.2) is 30.3 Å². The molecule has 0 spiro atoms. The van der Waals surface area contributed by atoms with E-state index in [4.69, 9.17) is 0 Å². The van der Waals surface area contributed by atoms with Gasteiger partial charge in [-0.3, -0.25) is 9.59 Å². The van der Waals surface area contributed by atoms with Gasteiger partial charge in [-0.2, -0.15) is 0 Å². The van der Waals surface area contributed by atoms with Gasteiger partial charge in [0.15, 0.2) is 0 Å². The Hall–Kier alpha value is -1.52. The maximum Gasteiger partial charge on any atom is 0.145 e. The topological polar surface area (TPSA) is 74.6 Å². The average Bonchev–Trinajstić information content (AvgIpc) is 3.07. The molecule has 1 unspecified atom stereocenters. The van der Waals surface area contributed by atoms with Crippen LogP contribution in [0.4, 0.5) is 0 Å². The van der Waals surface area contributed by atoms with E-state index in [0.29, 0.717) is 0 Å². The molecule has 4 nitrogen and oxygen atoms in total. The Balaban J connectivity index is 1.67. The molecule has 5 rings (SSSR count). The van der Waals surface area contributed by atoms with Gasteiger partial charge in [0, 0.05) is 16.7 Å². The van der Waals surface area contributed by atoms with Crippen LogP contribution in [0.2, 0.25) is 0 Å². The Labute approximate surface area is 198 Å². The van der Waals surface area contributed by atoms with Gasteiger partial charge >= 0.3 is 0 Å². The molecule has 0 amide bonds. The molecule has 4 aliphatic rings. The molecule has 4 saturated carbocycles. The number of rotatable bonds is 3. The van der Waals surface area contributed by atoms with Crippen molar-refractivity contribution in [3.05, 3.63) is 35.9 Å². The highest BCUT2D eigenvalue weighted by molar-refractivity contribution is 5.94. The third kappa shape index (κ3) is 2.66. The molecule has 0 saturated heterocycles. The lowest BCUT2D eigenvalue weighted by atomic mass is 9.48. The molecular formula is C29H40O4. The number of carbonyl (C=O) groups is 2. The fourth-order valence-corrected chi connectivity index (χ4v) is 8.76. The highest BCUT2D eigenvalue weighted by Crippen LogP contribution is 2.68. The highest BCUT2D eigenvalue weighted by Gasteiger charge is 2.70. The van der Waals surface area contributed by atoms with E-state index in [2.05, 4.69) is 41.5 Å². The molecule has 4 bridgehead atoms. The summed E-state index contributed by atoms with van der Waals surface area (Å²) in [4.78, 5) is 28.5. The quantitative estimate of drug-likeness (QED) is 0.692. The predicted octanol–water partition coefficient (Wildman–Crippen LogP) is 4.77. The summed E-state index contributed by atoms with van der Waals surface area (Å²) in [6.07, 6.45) is 1.56. The van der Waals surface area contributed by atoms with Gasteiger partial charge in [-0.05, 0) is 53.9 Å². The molecule has 4 fully saturated rings. The van der Waals surface area contributed by atoms with Crippen LogP contribution in [0.3, 0.4) is 0 Å². The number of carbonyl (C=O) groups excluding carboxylic acids is 2. The van der Waals surface area contributed by atoms with Crippen molar-refractivity contribution in [1.82, 2.24) is 0 Å². The van der Waals surface area contributed by atoms with Crippen LogP contribution >= 0.6 is 0 Å². The van der Waals surface area contributed by atoms with Gasteiger partial charge in [0.25, 0.3) is 0 Å². The number of hydrogen-bond donors (Lipinski definition) is 2. The zero-order chi connectivity index (χ0) is 24.1. The first-order valence-corrected chi connectivity index (χ1v) is 12.8. The van der Waals surface area contributed by atoms with Gasteiger partial charge in [-0.15, -0.1) is 0 Å². The van der Waals surface area contributed by atoms with Crippen molar-refractivity contribution in [3.8, 4) is 0 Å². The molecule has 1 aromatic carbocycles. The summed E-state index contributed by atoms with van der Waals surface area (Å²) in [7, 11) is 0. The number of ketones is 2. The van der Waals surface area contributed by atoms with Gasteiger partial charge in [0.2, 0.25) is 0 Å². The second kappa shape index (κ2) is 7.01. The average molecular weight is 453 g/mol. The second-order valence-corrected chi connectivity index (χ2v) is 13.1. The minimum absolute atomic E-state index is 0.0102. The van der Waals surface area contributed by atoms with Crippen LogP contribution in [-0.2, 0) is 9.59 Å². The van der Waals surface area contributed by atoms with Crippen molar-refractivity contribution >= 4 is 11.6 Å². The van der Waals surface area contributed by atoms with Gasteiger partial charge < -0.3 is 10.2 Å². The molecule has 0 aromatic heterocycles. The molecule has 9 atom stereocenters. The summed E-state index contributed by atoms with van der Waals surface area (Å²) in [5.41, 5.74) is -0.746. The minimum atomic E-state index is -0.811. The van der Waals surface area contributed by atoms with Gasteiger partial charge in [-0.25, -0.2) is 0 Å². The van der Waals surface area contributed by atoms with Crippen molar-refractivity contribution in [2.45, 2.75) is 85.4 Å². The number of aliphatic hydroxyl groups is 2. The molecule has 1 aromatic rings. The van der Waals surface area contributed by atoms with E-state index in [-0.39, 0.29) is 34.2 Å². The van der Waals surface area contributed by atoms with Crippen molar-refractivity contribution in [2.24, 2.45) is 45.3 Å². The zero-order valence-corrected chi connectivity index (χ0v) is 21.0.